The van der Waals surface area contributed by atoms with Crippen LogP contribution in [-0.2, 0) is 11.0 Å². The third-order valence-corrected chi connectivity index (χ3v) is 3.10. The van der Waals surface area contributed by atoms with Crippen molar-refractivity contribution in [2.24, 2.45) is 0 Å². The van der Waals surface area contributed by atoms with Crippen LogP contribution in [0.1, 0.15) is 11.1 Å². The van der Waals surface area contributed by atoms with Gasteiger partial charge in [-0.05, 0) is 18.2 Å². The van der Waals surface area contributed by atoms with Crippen LogP contribution in [0.4, 0.5) is 26.3 Å². The van der Waals surface area contributed by atoms with E-state index in [9.17, 15) is 31.1 Å². The second-order valence-corrected chi connectivity index (χ2v) is 4.72. The van der Waals surface area contributed by atoms with E-state index in [4.69, 9.17) is 16.7 Å². The molecule has 0 saturated carbocycles. The molecule has 1 heterocycles. The Labute approximate surface area is 123 Å². The quantitative estimate of drug-likeness (QED) is 0.777. The van der Waals surface area contributed by atoms with Crippen molar-refractivity contribution in [2.45, 2.75) is 18.5 Å². The van der Waals surface area contributed by atoms with Crippen LogP contribution < -0.4 is 4.74 Å². The third-order valence-electron chi connectivity index (χ3n) is 2.79. The lowest BCUT2D eigenvalue weighted by atomic mass is 10.00. The van der Waals surface area contributed by atoms with Gasteiger partial charge in [0.1, 0.15) is 5.75 Å². The van der Waals surface area contributed by atoms with Crippen molar-refractivity contribution in [3.63, 3.8) is 0 Å². The summed E-state index contributed by atoms with van der Waals surface area (Å²) in [6.45, 7) is 0. The fourth-order valence-corrected chi connectivity index (χ4v) is 2.13. The summed E-state index contributed by atoms with van der Waals surface area (Å²) in [7, 11) is 0. The van der Waals surface area contributed by atoms with Crippen LogP contribution in [0.3, 0.4) is 0 Å². The average molecular weight is 347 g/mol. The first-order chi connectivity index (χ1) is 9.91. The van der Waals surface area contributed by atoms with Crippen molar-refractivity contribution < 1.29 is 41.0 Å². The smallest absolute Gasteiger partial charge is 0.430 e. The molecule has 0 radical (unpaired) electrons. The van der Waals surface area contributed by atoms with Crippen LogP contribution in [-0.4, -0.2) is 23.4 Å². The second kappa shape index (κ2) is 5.08. The summed E-state index contributed by atoms with van der Waals surface area (Å²) in [6, 6.07) is 1.01. The molecule has 0 aliphatic carbocycles. The highest BCUT2D eigenvalue weighted by Gasteiger charge is 2.49. The predicted molar refractivity (Wildman–Crippen MR) is 62.5 cm³/mol. The molecule has 1 N–H and O–H groups in total. The van der Waals surface area contributed by atoms with E-state index in [2.05, 4.69) is 4.74 Å². The van der Waals surface area contributed by atoms with Gasteiger partial charge in [0.2, 0.25) is 6.10 Å². The Hall–Kier alpha value is -1.90. The van der Waals surface area contributed by atoms with Crippen LogP contribution in [0.15, 0.2) is 17.7 Å². The summed E-state index contributed by atoms with van der Waals surface area (Å²) in [5.74, 6) is -2.65. The topological polar surface area (TPSA) is 46.5 Å². The summed E-state index contributed by atoms with van der Waals surface area (Å²) in [5.41, 5.74) is -2.80. The predicted octanol–water partition coefficient (Wildman–Crippen LogP) is 4.15. The van der Waals surface area contributed by atoms with E-state index in [1.54, 1.807) is 0 Å². The van der Waals surface area contributed by atoms with Crippen molar-refractivity contribution in [1.29, 1.82) is 0 Å². The van der Waals surface area contributed by atoms with E-state index < -0.39 is 46.3 Å². The summed E-state index contributed by atoms with van der Waals surface area (Å²) < 4.78 is 80.8. The molecule has 120 valence electrons. The number of halogens is 7. The van der Waals surface area contributed by atoms with Crippen molar-refractivity contribution >= 4 is 23.6 Å². The molecule has 1 aliphatic rings. The summed E-state index contributed by atoms with van der Waals surface area (Å²) >= 11 is 5.42. The molecule has 0 spiro atoms. The maximum atomic E-state index is 12.8. The number of ether oxygens (including phenoxy) is 1. The maximum Gasteiger partial charge on any atom is 0.430 e. The molecule has 1 unspecified atom stereocenters. The number of carboxylic acid groups (broad SMARTS) is 1. The van der Waals surface area contributed by atoms with Crippen LogP contribution in [0.5, 0.6) is 5.75 Å². The zero-order chi connectivity index (χ0) is 16.9. The van der Waals surface area contributed by atoms with Gasteiger partial charge in [-0.15, -0.1) is 0 Å². The van der Waals surface area contributed by atoms with Gasteiger partial charge < -0.3 is 9.84 Å². The zero-order valence-electron chi connectivity index (χ0n) is 10.2. The van der Waals surface area contributed by atoms with E-state index in [0.717, 1.165) is 0 Å². The number of hydrogen-bond acceptors (Lipinski definition) is 2. The summed E-state index contributed by atoms with van der Waals surface area (Å²) in [5, 5.41) is 8.01. The Balaban J connectivity index is 2.61. The van der Waals surface area contributed by atoms with Gasteiger partial charge in [-0.3, -0.25) is 0 Å². The largest absolute Gasteiger partial charge is 0.478 e. The monoisotopic (exact) mass is 346 g/mol. The molecule has 3 nitrogen and oxygen atoms in total. The number of carboxylic acids is 1. The zero-order valence-corrected chi connectivity index (χ0v) is 11.0. The lowest BCUT2D eigenvalue weighted by Crippen LogP contribution is -2.40. The van der Waals surface area contributed by atoms with Crippen LogP contribution in [0.2, 0.25) is 5.02 Å². The highest BCUT2D eigenvalue weighted by atomic mass is 35.5. The minimum absolute atomic E-state index is 0.282. The molecule has 0 saturated heterocycles. The summed E-state index contributed by atoms with van der Waals surface area (Å²) in [4.78, 5) is 10.9. The van der Waals surface area contributed by atoms with Crippen molar-refractivity contribution in [3.8, 4) is 5.75 Å². The fourth-order valence-electron chi connectivity index (χ4n) is 1.85. The minimum Gasteiger partial charge on any atom is -0.478 e. The van der Waals surface area contributed by atoms with Gasteiger partial charge in [-0.25, -0.2) is 4.79 Å². The van der Waals surface area contributed by atoms with Gasteiger partial charge in [0.05, 0.1) is 16.2 Å². The summed E-state index contributed by atoms with van der Waals surface area (Å²) in [6.07, 6.45) is -12.3. The molecule has 22 heavy (non-hydrogen) atoms. The Kier molecular flexibility index (Phi) is 3.80. The first kappa shape index (κ1) is 16.5. The van der Waals surface area contributed by atoms with E-state index in [1.807, 2.05) is 0 Å². The van der Waals surface area contributed by atoms with Crippen molar-refractivity contribution in [2.75, 3.05) is 0 Å². The fraction of sp³-hybridized carbons (Fsp3) is 0.250. The maximum absolute atomic E-state index is 12.8. The lowest BCUT2D eigenvalue weighted by Gasteiger charge is -2.27. The molecule has 10 heteroatoms. The molecule has 0 fully saturated rings. The number of rotatable bonds is 1. The number of aliphatic carboxylic acids is 1. The van der Waals surface area contributed by atoms with E-state index in [-0.39, 0.29) is 5.56 Å². The molecule has 1 aliphatic heterocycles. The van der Waals surface area contributed by atoms with Crippen molar-refractivity contribution in [3.05, 3.63) is 33.9 Å². The molecular weight excluding hydrogens is 342 g/mol. The average Bonchev–Trinajstić information content (AvgIpc) is 2.33. The van der Waals surface area contributed by atoms with E-state index in [0.29, 0.717) is 18.2 Å². The van der Waals surface area contributed by atoms with Gasteiger partial charge in [0, 0.05) is 5.56 Å². The molecular formula is C12H5ClF6O3. The highest BCUT2D eigenvalue weighted by molar-refractivity contribution is 6.31. The molecule has 1 aromatic rings. The molecule has 0 bridgehead atoms. The molecule has 1 aromatic carbocycles. The van der Waals surface area contributed by atoms with Crippen LogP contribution >= 0.6 is 11.6 Å². The third kappa shape index (κ3) is 2.99. The van der Waals surface area contributed by atoms with Crippen LogP contribution in [0.25, 0.3) is 6.08 Å². The SMILES string of the molecule is O=C(O)C1=Cc2cc(Cl)c(C(F)(F)F)cc2OC1C(F)(F)F. The van der Waals surface area contributed by atoms with Crippen molar-refractivity contribution in [1.82, 2.24) is 0 Å². The number of fused-ring (bicyclic) bond motifs is 1. The number of hydrogen-bond donors (Lipinski definition) is 1. The van der Waals surface area contributed by atoms with Gasteiger partial charge in [0.15, 0.2) is 0 Å². The number of carbonyl (C=O) groups is 1. The molecule has 1 atom stereocenters. The Morgan fingerprint density at radius 2 is 1.77 bits per heavy atom. The second-order valence-electron chi connectivity index (χ2n) is 4.31. The first-order valence-corrected chi connectivity index (χ1v) is 5.88. The normalized spacial score (nSPS) is 18.3. The van der Waals surface area contributed by atoms with Gasteiger partial charge in [0.25, 0.3) is 0 Å². The van der Waals surface area contributed by atoms with Gasteiger partial charge >= 0.3 is 18.3 Å². The Bertz CT molecular complexity index is 662. The number of alkyl halides is 6. The van der Waals surface area contributed by atoms with Crippen LogP contribution in [0, 0.1) is 0 Å². The highest BCUT2D eigenvalue weighted by Crippen LogP contribution is 2.43. The standard InChI is InChI=1S/C12H5ClF6O3/c13-7-2-4-1-5(10(20)21)9(12(17,18)19)22-8(4)3-6(7)11(14,15)16/h1-3,9H,(H,20,21). The molecule has 0 amide bonds. The van der Waals surface area contributed by atoms with E-state index >= 15 is 0 Å². The number of benzene rings is 1. The first-order valence-electron chi connectivity index (χ1n) is 5.50. The molecule has 2 rings (SSSR count). The van der Waals surface area contributed by atoms with Gasteiger partial charge in [-0.2, -0.15) is 26.3 Å². The van der Waals surface area contributed by atoms with E-state index in [1.165, 1.54) is 0 Å². The Morgan fingerprint density at radius 3 is 2.23 bits per heavy atom. The molecule has 0 aromatic heterocycles. The minimum atomic E-state index is -5.10. The van der Waals surface area contributed by atoms with Gasteiger partial charge in [-0.1, -0.05) is 11.6 Å². The lowest BCUT2D eigenvalue weighted by molar-refractivity contribution is -0.187. The Morgan fingerprint density at radius 1 is 1.18 bits per heavy atom.